The van der Waals surface area contributed by atoms with E-state index in [4.69, 9.17) is 9.47 Å². The van der Waals surface area contributed by atoms with Crippen LogP contribution in [0.25, 0.3) is 27.6 Å². The minimum Gasteiger partial charge on any atom is -0.497 e. The van der Waals surface area contributed by atoms with Gasteiger partial charge in [0.2, 0.25) is 0 Å². The predicted octanol–water partition coefficient (Wildman–Crippen LogP) is 9.38. The zero-order chi connectivity index (χ0) is 32.4. The lowest BCUT2D eigenvalue weighted by Crippen LogP contribution is -2.23. The molecule has 1 aliphatic rings. The average Bonchev–Trinajstić information content (AvgIpc) is 3.68. The van der Waals surface area contributed by atoms with Crippen LogP contribution in [-0.2, 0) is 10.2 Å². The summed E-state index contributed by atoms with van der Waals surface area (Å²) in [6, 6.07) is 31.2. The van der Waals surface area contributed by atoms with Crippen LogP contribution in [0, 0.1) is 11.3 Å². The molecule has 0 fully saturated rings. The molecule has 1 aromatic heterocycles. The third-order valence-electron chi connectivity index (χ3n) is 8.90. The summed E-state index contributed by atoms with van der Waals surface area (Å²) in [7, 11) is 3.34. The number of fused-ring (bicyclic) bond motifs is 3. The molecule has 8 heteroatoms. The number of anilines is 3. The quantitative estimate of drug-likeness (QED) is 0.122. The van der Waals surface area contributed by atoms with Crippen LogP contribution in [0.4, 0.5) is 17.1 Å². The van der Waals surface area contributed by atoms with Crippen LogP contribution in [0.15, 0.2) is 96.7 Å². The first-order valence-electron chi connectivity index (χ1n) is 15.0. The van der Waals surface area contributed by atoms with Gasteiger partial charge in [-0.1, -0.05) is 32.0 Å². The topological polar surface area (TPSA) is 95.7 Å². The van der Waals surface area contributed by atoms with E-state index < -0.39 is 5.97 Å². The Morgan fingerprint density at radius 2 is 1.41 bits per heavy atom. The van der Waals surface area contributed by atoms with Gasteiger partial charge < -0.3 is 19.5 Å². The first kappa shape index (κ1) is 30.6. The summed E-state index contributed by atoms with van der Waals surface area (Å²) < 4.78 is 10.9. The van der Waals surface area contributed by atoms with Gasteiger partial charge in [-0.3, -0.25) is 0 Å². The van der Waals surface area contributed by atoms with Gasteiger partial charge in [-0.2, -0.15) is 5.26 Å². The molecule has 0 aliphatic heterocycles. The molecule has 230 valence electrons. The molecule has 0 spiro atoms. The number of rotatable bonds is 10. The number of carboxylic acid groups (broad SMARTS) is 1. The number of benzene rings is 4. The molecule has 1 heterocycles. The summed E-state index contributed by atoms with van der Waals surface area (Å²) in [5.41, 5.74) is 8.57. The van der Waals surface area contributed by atoms with Gasteiger partial charge in [0.05, 0.1) is 19.1 Å². The number of carboxylic acids is 1. The van der Waals surface area contributed by atoms with Crippen molar-refractivity contribution in [1.29, 1.82) is 5.26 Å². The fraction of sp³-hybridized carbons (Fsp3) is 0.184. The lowest BCUT2D eigenvalue weighted by molar-refractivity contribution is -0.132. The van der Waals surface area contributed by atoms with E-state index >= 15 is 0 Å². The SMILES string of the molecule is CCC1(CC)c2cc(-c3cnc(/C=C(\C#N)C(=O)O)s3)ccc2-c2ccc(N(c3ccc(OC)cc3)c3ccc(OC)cc3)cc21. The van der Waals surface area contributed by atoms with Crippen LogP contribution in [-0.4, -0.2) is 30.3 Å². The fourth-order valence-corrected chi connectivity index (χ4v) is 7.31. The van der Waals surface area contributed by atoms with Gasteiger partial charge in [-0.15, -0.1) is 11.3 Å². The van der Waals surface area contributed by atoms with Crippen molar-refractivity contribution in [3.8, 4) is 39.1 Å². The Morgan fingerprint density at radius 1 is 0.870 bits per heavy atom. The number of aliphatic carboxylic acids is 1. The molecule has 1 N–H and O–H groups in total. The Hall–Kier alpha value is -5.39. The number of hydrogen-bond acceptors (Lipinski definition) is 7. The number of carbonyl (C=O) groups is 1. The van der Waals surface area contributed by atoms with Gasteiger partial charge in [-0.05, 0) is 113 Å². The molecule has 0 unspecified atom stereocenters. The van der Waals surface area contributed by atoms with E-state index in [1.807, 2.05) is 24.3 Å². The van der Waals surface area contributed by atoms with Gasteiger partial charge in [0.25, 0.3) is 0 Å². The number of aromatic nitrogens is 1. The van der Waals surface area contributed by atoms with Gasteiger partial charge in [0.1, 0.15) is 28.1 Å². The minimum atomic E-state index is -1.26. The van der Waals surface area contributed by atoms with Crippen molar-refractivity contribution in [3.05, 3.63) is 113 Å². The van der Waals surface area contributed by atoms with Gasteiger partial charge in [0, 0.05) is 28.7 Å². The molecule has 0 amide bonds. The third kappa shape index (κ3) is 5.29. The number of methoxy groups -OCH3 is 2. The number of thiazole rings is 1. The molecule has 4 aromatic carbocycles. The molecule has 0 radical (unpaired) electrons. The number of hydrogen-bond donors (Lipinski definition) is 1. The minimum absolute atomic E-state index is 0.202. The van der Waals surface area contributed by atoms with Crippen molar-refractivity contribution in [1.82, 2.24) is 4.98 Å². The Kier molecular flexibility index (Phi) is 8.35. The van der Waals surface area contributed by atoms with Crippen molar-refractivity contribution in [2.24, 2.45) is 0 Å². The molecule has 7 nitrogen and oxygen atoms in total. The maximum Gasteiger partial charge on any atom is 0.346 e. The van der Waals surface area contributed by atoms with Gasteiger partial charge >= 0.3 is 5.97 Å². The van der Waals surface area contributed by atoms with Crippen molar-refractivity contribution in [2.45, 2.75) is 32.1 Å². The van der Waals surface area contributed by atoms with Crippen LogP contribution < -0.4 is 14.4 Å². The molecule has 0 atom stereocenters. The Morgan fingerprint density at radius 3 is 1.93 bits per heavy atom. The first-order chi connectivity index (χ1) is 22.3. The summed E-state index contributed by atoms with van der Waals surface area (Å²) >= 11 is 1.37. The van der Waals surface area contributed by atoms with Crippen molar-refractivity contribution in [3.63, 3.8) is 0 Å². The largest absolute Gasteiger partial charge is 0.497 e. The smallest absolute Gasteiger partial charge is 0.346 e. The second-order valence-electron chi connectivity index (χ2n) is 11.0. The molecule has 0 saturated carbocycles. The Balaban J connectivity index is 1.45. The maximum atomic E-state index is 11.3. The summed E-state index contributed by atoms with van der Waals surface area (Å²) in [5.74, 6) is 0.333. The van der Waals surface area contributed by atoms with E-state index in [1.165, 1.54) is 39.7 Å². The van der Waals surface area contributed by atoms with Crippen LogP contribution >= 0.6 is 11.3 Å². The maximum absolute atomic E-state index is 11.3. The summed E-state index contributed by atoms with van der Waals surface area (Å²) in [5, 5.41) is 18.9. The van der Waals surface area contributed by atoms with Gasteiger partial charge in [-0.25, -0.2) is 9.78 Å². The highest BCUT2D eigenvalue weighted by Crippen LogP contribution is 2.55. The first-order valence-corrected chi connectivity index (χ1v) is 15.9. The zero-order valence-electron chi connectivity index (χ0n) is 26.1. The Labute approximate surface area is 272 Å². The summed E-state index contributed by atoms with van der Waals surface area (Å²) in [6.45, 7) is 4.49. The average molecular weight is 628 g/mol. The molecule has 6 rings (SSSR count). The lowest BCUT2D eigenvalue weighted by atomic mass is 9.73. The molecule has 46 heavy (non-hydrogen) atoms. The van der Waals surface area contributed by atoms with Crippen molar-refractivity contribution < 1.29 is 19.4 Å². The van der Waals surface area contributed by atoms with E-state index in [-0.39, 0.29) is 11.0 Å². The number of nitriles is 1. The van der Waals surface area contributed by atoms with E-state index in [0.717, 1.165) is 51.8 Å². The third-order valence-corrected chi connectivity index (χ3v) is 9.89. The molecule has 0 saturated heterocycles. The van der Waals surface area contributed by atoms with E-state index in [1.54, 1.807) is 26.5 Å². The second-order valence-corrected chi connectivity index (χ2v) is 12.1. The standard InChI is InChI=1S/C38H33N3O4S/c1-5-38(6-2)33-19-24(35-23-40-36(46-35)20-25(22-39)37(42)43)7-17-31(33)32-18-12-28(21-34(32)38)41(26-8-13-29(44-3)14-9-26)27-10-15-30(45-4)16-11-27/h7-21,23H,5-6H2,1-4H3,(H,42,43)/b25-20+. The van der Waals surface area contributed by atoms with E-state index in [0.29, 0.717) is 5.01 Å². The highest BCUT2D eigenvalue weighted by molar-refractivity contribution is 7.16. The van der Waals surface area contributed by atoms with Crippen LogP contribution in [0.1, 0.15) is 42.8 Å². The summed E-state index contributed by atoms with van der Waals surface area (Å²) in [4.78, 5) is 18.9. The second kappa shape index (κ2) is 12.5. The normalized spacial score (nSPS) is 13.0. The van der Waals surface area contributed by atoms with Crippen LogP contribution in [0.5, 0.6) is 11.5 Å². The highest BCUT2D eigenvalue weighted by atomic mass is 32.1. The monoisotopic (exact) mass is 627 g/mol. The lowest BCUT2D eigenvalue weighted by Gasteiger charge is -2.32. The molecule has 1 aliphatic carbocycles. The number of nitrogens with zero attached hydrogens (tertiary/aromatic N) is 3. The van der Waals surface area contributed by atoms with Crippen molar-refractivity contribution in [2.75, 3.05) is 19.1 Å². The number of ether oxygens (including phenoxy) is 2. The van der Waals surface area contributed by atoms with E-state index in [2.05, 4.69) is 84.4 Å². The summed E-state index contributed by atoms with van der Waals surface area (Å²) in [6.07, 6.45) is 4.90. The van der Waals surface area contributed by atoms with Crippen LogP contribution in [0.2, 0.25) is 0 Å². The van der Waals surface area contributed by atoms with E-state index in [9.17, 15) is 15.2 Å². The molecule has 5 aromatic rings. The fourth-order valence-electron chi connectivity index (χ4n) is 6.45. The molecular weight excluding hydrogens is 595 g/mol. The molecule has 0 bridgehead atoms. The predicted molar refractivity (Wildman–Crippen MR) is 183 cm³/mol. The highest BCUT2D eigenvalue weighted by Gasteiger charge is 2.41. The van der Waals surface area contributed by atoms with Crippen molar-refractivity contribution >= 4 is 40.4 Å². The van der Waals surface area contributed by atoms with Gasteiger partial charge in [0.15, 0.2) is 0 Å². The molecular formula is C38H33N3O4S. The Bertz CT molecular complexity index is 1940. The zero-order valence-corrected chi connectivity index (χ0v) is 26.9. The van der Waals surface area contributed by atoms with Crippen LogP contribution in [0.3, 0.4) is 0 Å².